The van der Waals surface area contributed by atoms with Gasteiger partial charge in [0.05, 0.1) is 12.2 Å². The summed E-state index contributed by atoms with van der Waals surface area (Å²) in [7, 11) is 0. The molecule has 0 saturated carbocycles. The van der Waals surface area contributed by atoms with Crippen molar-refractivity contribution in [2.45, 2.75) is 31.7 Å². The maximum atomic E-state index is 13.6. The summed E-state index contributed by atoms with van der Waals surface area (Å²) in [6.07, 6.45) is 1.36. The molecule has 0 aliphatic heterocycles. The third-order valence-corrected chi connectivity index (χ3v) is 3.64. The molecule has 0 heterocycles. The quantitative estimate of drug-likeness (QED) is 0.553. The predicted molar refractivity (Wildman–Crippen MR) is 76.0 cm³/mol. The third-order valence-electron chi connectivity index (χ3n) is 2.82. The minimum absolute atomic E-state index is 0.0223. The van der Waals surface area contributed by atoms with Gasteiger partial charge in [-0.2, -0.15) is 13.2 Å². The number of alkyl halides is 3. The van der Waals surface area contributed by atoms with Crippen molar-refractivity contribution in [3.63, 3.8) is 0 Å². The average Bonchev–Trinajstić information content (AvgIpc) is 2.38. The smallest absolute Gasteiger partial charge is 0.441 e. The zero-order valence-corrected chi connectivity index (χ0v) is 12.7. The Morgan fingerprint density at radius 1 is 1.27 bits per heavy atom. The molecule has 124 valence electrons. The second kappa shape index (κ2) is 8.26. The topological polar surface area (TPSA) is 46.5 Å². The maximum Gasteiger partial charge on any atom is 0.441 e. The van der Waals surface area contributed by atoms with Crippen molar-refractivity contribution in [3.8, 4) is 5.75 Å². The summed E-state index contributed by atoms with van der Waals surface area (Å²) in [6.45, 7) is 1.60. The minimum Gasteiger partial charge on any atom is -0.490 e. The fourth-order valence-electron chi connectivity index (χ4n) is 1.74. The molecular weight excluding hydrogens is 324 g/mol. The number of hydrogen-bond acceptors (Lipinski definition) is 3. The van der Waals surface area contributed by atoms with Crippen molar-refractivity contribution >= 4 is 17.7 Å². The molecule has 8 heteroatoms. The maximum absolute atomic E-state index is 13.6. The number of rotatable bonds is 8. The van der Waals surface area contributed by atoms with E-state index in [1.807, 2.05) is 0 Å². The number of carbonyl (C=O) groups is 1. The Morgan fingerprint density at radius 3 is 2.55 bits per heavy atom. The molecule has 0 atom stereocenters. The van der Waals surface area contributed by atoms with Gasteiger partial charge in [0, 0.05) is 5.75 Å². The van der Waals surface area contributed by atoms with Crippen LogP contribution in [0, 0.1) is 12.7 Å². The minimum atomic E-state index is -4.21. The summed E-state index contributed by atoms with van der Waals surface area (Å²) in [4.78, 5) is 10.9. The normalized spacial score (nSPS) is 11.5. The molecule has 1 rings (SSSR count). The van der Waals surface area contributed by atoms with Crippen LogP contribution < -0.4 is 4.74 Å². The van der Waals surface area contributed by atoms with Gasteiger partial charge in [0.2, 0.25) is 0 Å². The fourth-order valence-corrected chi connectivity index (χ4v) is 2.32. The second-order valence-electron chi connectivity index (χ2n) is 4.61. The Bertz CT molecular complexity index is 518. The van der Waals surface area contributed by atoms with E-state index in [2.05, 4.69) is 0 Å². The van der Waals surface area contributed by atoms with Crippen molar-refractivity contribution in [1.82, 2.24) is 0 Å². The number of ether oxygens (including phenoxy) is 1. The van der Waals surface area contributed by atoms with Crippen LogP contribution in [0.1, 0.15) is 35.2 Å². The van der Waals surface area contributed by atoms with E-state index in [-0.39, 0.29) is 35.4 Å². The number of hydrogen-bond donors (Lipinski definition) is 1. The lowest BCUT2D eigenvalue weighted by atomic mass is 10.1. The summed E-state index contributed by atoms with van der Waals surface area (Å²) >= 11 is -0.0689. The van der Waals surface area contributed by atoms with Gasteiger partial charge >= 0.3 is 11.5 Å². The number of carboxylic acid groups (broad SMARTS) is 1. The highest BCUT2D eigenvalue weighted by Crippen LogP contribution is 2.30. The molecule has 0 aromatic heterocycles. The average molecular weight is 340 g/mol. The van der Waals surface area contributed by atoms with Gasteiger partial charge in [-0.25, -0.2) is 9.18 Å². The zero-order chi connectivity index (χ0) is 16.8. The predicted octanol–water partition coefficient (Wildman–Crippen LogP) is 4.63. The van der Waals surface area contributed by atoms with Crippen molar-refractivity contribution in [2.24, 2.45) is 0 Å². The summed E-state index contributed by atoms with van der Waals surface area (Å²) < 4.78 is 54.4. The van der Waals surface area contributed by atoms with E-state index in [1.54, 1.807) is 0 Å². The van der Waals surface area contributed by atoms with Crippen LogP contribution in [0.2, 0.25) is 0 Å². The van der Waals surface area contributed by atoms with E-state index in [0.29, 0.717) is 24.8 Å². The van der Waals surface area contributed by atoms with Crippen molar-refractivity contribution in [2.75, 3.05) is 12.4 Å². The first-order valence-electron chi connectivity index (χ1n) is 6.57. The number of thioether (sulfide) groups is 1. The van der Waals surface area contributed by atoms with Gasteiger partial charge in [-0.1, -0.05) is 11.8 Å². The largest absolute Gasteiger partial charge is 0.490 e. The molecule has 0 amide bonds. The molecule has 1 aromatic carbocycles. The highest BCUT2D eigenvalue weighted by atomic mass is 32.2. The molecule has 0 aliphatic carbocycles. The van der Waals surface area contributed by atoms with E-state index >= 15 is 0 Å². The van der Waals surface area contributed by atoms with Crippen molar-refractivity contribution < 1.29 is 32.2 Å². The van der Waals surface area contributed by atoms with Gasteiger partial charge in [0.25, 0.3) is 0 Å². The first-order chi connectivity index (χ1) is 10.2. The third kappa shape index (κ3) is 6.55. The van der Waals surface area contributed by atoms with Crippen molar-refractivity contribution in [3.05, 3.63) is 29.1 Å². The van der Waals surface area contributed by atoms with Gasteiger partial charge < -0.3 is 9.84 Å². The first-order valence-corrected chi connectivity index (χ1v) is 7.56. The van der Waals surface area contributed by atoms with Gasteiger partial charge in [-0.3, -0.25) is 0 Å². The molecule has 0 unspecified atom stereocenters. The number of aryl methyl sites for hydroxylation is 1. The Kier molecular flexibility index (Phi) is 6.99. The highest BCUT2D eigenvalue weighted by molar-refractivity contribution is 8.00. The summed E-state index contributed by atoms with van der Waals surface area (Å²) in [5, 5.41) is 8.94. The Morgan fingerprint density at radius 2 is 1.95 bits per heavy atom. The van der Waals surface area contributed by atoms with Crippen LogP contribution >= 0.6 is 11.8 Å². The van der Waals surface area contributed by atoms with Crippen LogP contribution in [-0.2, 0) is 0 Å². The van der Waals surface area contributed by atoms with Gasteiger partial charge in [-0.05, 0) is 43.9 Å². The molecule has 1 N–H and O–H groups in total. The molecule has 0 fully saturated rings. The van der Waals surface area contributed by atoms with E-state index in [4.69, 9.17) is 9.84 Å². The standard InChI is InChI=1S/C14H16F4O3S/c1-9-7-11(15)12(8-10(9)13(19)20)21-5-3-2-4-6-22-14(16,17)18/h7-8H,2-6H2,1H3,(H,19,20). The van der Waals surface area contributed by atoms with Crippen LogP contribution in [0.15, 0.2) is 12.1 Å². The monoisotopic (exact) mass is 340 g/mol. The molecular formula is C14H16F4O3S. The molecule has 0 bridgehead atoms. The van der Waals surface area contributed by atoms with Crippen LogP contribution in [0.3, 0.4) is 0 Å². The van der Waals surface area contributed by atoms with E-state index in [9.17, 15) is 22.4 Å². The molecule has 0 saturated heterocycles. The number of unbranched alkanes of at least 4 members (excludes halogenated alkanes) is 2. The highest BCUT2D eigenvalue weighted by Gasteiger charge is 2.27. The van der Waals surface area contributed by atoms with Crippen LogP contribution in [0.25, 0.3) is 0 Å². The first kappa shape index (κ1) is 18.6. The molecule has 0 spiro atoms. The number of benzene rings is 1. The second-order valence-corrected chi connectivity index (χ2v) is 5.77. The summed E-state index contributed by atoms with van der Waals surface area (Å²) in [6, 6.07) is 2.20. The molecule has 22 heavy (non-hydrogen) atoms. The summed E-state index contributed by atoms with van der Waals surface area (Å²) in [5.41, 5.74) is -3.96. The van der Waals surface area contributed by atoms with Crippen LogP contribution in [0.5, 0.6) is 5.75 Å². The van der Waals surface area contributed by atoms with Crippen LogP contribution in [0.4, 0.5) is 17.6 Å². The van der Waals surface area contributed by atoms with Crippen LogP contribution in [-0.4, -0.2) is 28.9 Å². The number of carboxylic acids is 1. The Labute approximate surface area is 129 Å². The molecule has 1 aromatic rings. The molecule has 3 nitrogen and oxygen atoms in total. The lowest BCUT2D eigenvalue weighted by Crippen LogP contribution is -2.05. The molecule has 0 radical (unpaired) electrons. The lowest BCUT2D eigenvalue weighted by Gasteiger charge is -2.10. The van der Waals surface area contributed by atoms with Gasteiger partial charge in [0.1, 0.15) is 0 Å². The van der Waals surface area contributed by atoms with Gasteiger partial charge in [-0.15, -0.1) is 0 Å². The number of aromatic carboxylic acids is 1. The van der Waals surface area contributed by atoms with E-state index in [1.165, 1.54) is 6.92 Å². The van der Waals surface area contributed by atoms with E-state index < -0.39 is 17.3 Å². The van der Waals surface area contributed by atoms with E-state index in [0.717, 1.165) is 12.1 Å². The lowest BCUT2D eigenvalue weighted by molar-refractivity contribution is -0.0328. The SMILES string of the molecule is Cc1cc(F)c(OCCCCCSC(F)(F)F)cc1C(=O)O. The Balaban J connectivity index is 2.36. The summed E-state index contributed by atoms with van der Waals surface area (Å²) in [5.74, 6) is -2.01. The van der Waals surface area contributed by atoms with Crippen molar-refractivity contribution in [1.29, 1.82) is 0 Å². The fraction of sp³-hybridized carbons (Fsp3) is 0.500. The zero-order valence-electron chi connectivity index (χ0n) is 11.9. The number of halogens is 4. The van der Waals surface area contributed by atoms with Gasteiger partial charge in [0.15, 0.2) is 11.6 Å². The Hall–Kier alpha value is -1.44. The molecule has 0 aliphatic rings.